The monoisotopic (exact) mass is 277 g/mol. The minimum absolute atomic E-state index is 0.100. The van der Waals surface area contributed by atoms with E-state index in [0.717, 1.165) is 25.3 Å². The molecule has 1 aromatic heterocycles. The molecule has 0 spiro atoms. The SMILES string of the molecule is CC(C)(C)c1cc(C(=O)NCC2CCOC2)cc(N)n1. The van der Waals surface area contributed by atoms with Crippen LogP contribution in [0.5, 0.6) is 0 Å². The molecule has 1 fully saturated rings. The highest BCUT2D eigenvalue weighted by atomic mass is 16.5. The van der Waals surface area contributed by atoms with E-state index in [0.29, 0.717) is 23.8 Å². The van der Waals surface area contributed by atoms with Gasteiger partial charge in [0, 0.05) is 35.7 Å². The molecule has 1 amide bonds. The topological polar surface area (TPSA) is 77.2 Å². The Hall–Kier alpha value is -1.62. The highest BCUT2D eigenvalue weighted by molar-refractivity contribution is 5.95. The Morgan fingerprint density at radius 2 is 2.25 bits per heavy atom. The van der Waals surface area contributed by atoms with Crippen molar-refractivity contribution in [1.29, 1.82) is 0 Å². The van der Waals surface area contributed by atoms with Crippen molar-refractivity contribution in [3.8, 4) is 0 Å². The maximum atomic E-state index is 12.2. The summed E-state index contributed by atoms with van der Waals surface area (Å²) >= 11 is 0. The van der Waals surface area contributed by atoms with Crippen molar-refractivity contribution in [2.24, 2.45) is 5.92 Å². The van der Waals surface area contributed by atoms with Crippen LogP contribution in [0.25, 0.3) is 0 Å². The Morgan fingerprint density at radius 3 is 2.85 bits per heavy atom. The fourth-order valence-electron chi connectivity index (χ4n) is 2.15. The second kappa shape index (κ2) is 5.79. The van der Waals surface area contributed by atoms with Crippen LogP contribution >= 0.6 is 0 Å². The molecule has 0 aliphatic carbocycles. The van der Waals surface area contributed by atoms with Gasteiger partial charge in [0.2, 0.25) is 0 Å². The van der Waals surface area contributed by atoms with Crippen LogP contribution in [-0.4, -0.2) is 30.6 Å². The van der Waals surface area contributed by atoms with E-state index >= 15 is 0 Å². The predicted octanol–water partition coefficient (Wildman–Crippen LogP) is 1.73. The quantitative estimate of drug-likeness (QED) is 0.882. The van der Waals surface area contributed by atoms with Crippen LogP contribution in [-0.2, 0) is 10.2 Å². The average molecular weight is 277 g/mol. The summed E-state index contributed by atoms with van der Waals surface area (Å²) in [6, 6.07) is 3.44. The van der Waals surface area contributed by atoms with Gasteiger partial charge in [-0.05, 0) is 18.6 Å². The fraction of sp³-hybridized carbons (Fsp3) is 0.600. The Morgan fingerprint density at radius 1 is 1.50 bits per heavy atom. The molecule has 1 atom stereocenters. The summed E-state index contributed by atoms with van der Waals surface area (Å²) in [6.07, 6.45) is 1.01. The van der Waals surface area contributed by atoms with E-state index in [-0.39, 0.29) is 11.3 Å². The molecule has 0 bridgehead atoms. The predicted molar refractivity (Wildman–Crippen MR) is 78.6 cm³/mol. The van der Waals surface area contributed by atoms with Gasteiger partial charge in [-0.15, -0.1) is 0 Å². The molecular weight excluding hydrogens is 254 g/mol. The third kappa shape index (κ3) is 3.70. The van der Waals surface area contributed by atoms with Gasteiger partial charge in [0.25, 0.3) is 5.91 Å². The van der Waals surface area contributed by atoms with E-state index in [4.69, 9.17) is 10.5 Å². The van der Waals surface area contributed by atoms with Gasteiger partial charge in [0.05, 0.1) is 6.61 Å². The number of amides is 1. The number of aromatic nitrogens is 1. The van der Waals surface area contributed by atoms with E-state index in [1.807, 2.05) is 26.8 Å². The zero-order valence-corrected chi connectivity index (χ0v) is 12.4. The van der Waals surface area contributed by atoms with Crippen molar-refractivity contribution in [1.82, 2.24) is 10.3 Å². The average Bonchev–Trinajstić information content (AvgIpc) is 2.87. The number of ether oxygens (including phenoxy) is 1. The standard InChI is InChI=1S/C15H23N3O2/c1-15(2,3)12-6-11(7-13(16)18-12)14(19)17-8-10-4-5-20-9-10/h6-7,10H,4-5,8-9H2,1-3H3,(H2,16,18)(H,17,19). The first-order chi connectivity index (χ1) is 9.36. The van der Waals surface area contributed by atoms with Crippen molar-refractivity contribution in [3.63, 3.8) is 0 Å². The highest BCUT2D eigenvalue weighted by Gasteiger charge is 2.20. The highest BCUT2D eigenvalue weighted by Crippen LogP contribution is 2.22. The first kappa shape index (κ1) is 14.8. The fourth-order valence-corrected chi connectivity index (χ4v) is 2.15. The maximum Gasteiger partial charge on any atom is 0.251 e. The van der Waals surface area contributed by atoms with Crippen LogP contribution in [0.2, 0.25) is 0 Å². The first-order valence-corrected chi connectivity index (χ1v) is 7.00. The number of nitrogens with one attached hydrogen (secondary N) is 1. The summed E-state index contributed by atoms with van der Waals surface area (Å²) in [7, 11) is 0. The number of carbonyl (C=O) groups is 1. The molecule has 1 aromatic rings. The van der Waals surface area contributed by atoms with Crippen molar-refractivity contribution in [2.45, 2.75) is 32.6 Å². The molecule has 2 heterocycles. The number of anilines is 1. The van der Waals surface area contributed by atoms with Gasteiger partial charge in [-0.2, -0.15) is 0 Å². The van der Waals surface area contributed by atoms with Gasteiger partial charge < -0.3 is 15.8 Å². The van der Waals surface area contributed by atoms with Gasteiger partial charge >= 0.3 is 0 Å². The van der Waals surface area contributed by atoms with Gasteiger partial charge in [-0.3, -0.25) is 4.79 Å². The summed E-state index contributed by atoms with van der Waals surface area (Å²) in [5.74, 6) is 0.698. The number of nitrogens with zero attached hydrogens (tertiary/aromatic N) is 1. The van der Waals surface area contributed by atoms with Crippen LogP contribution in [0.1, 0.15) is 43.2 Å². The molecule has 3 N–H and O–H groups in total. The maximum absolute atomic E-state index is 12.2. The van der Waals surface area contributed by atoms with Gasteiger partial charge in [0.1, 0.15) is 5.82 Å². The molecular formula is C15H23N3O2. The molecule has 110 valence electrons. The Kier molecular flexibility index (Phi) is 4.28. The molecule has 1 aliphatic rings. The number of nitrogen functional groups attached to an aromatic ring is 1. The zero-order chi connectivity index (χ0) is 14.8. The zero-order valence-electron chi connectivity index (χ0n) is 12.4. The molecule has 0 aromatic carbocycles. The largest absolute Gasteiger partial charge is 0.384 e. The molecule has 0 saturated carbocycles. The number of carbonyl (C=O) groups excluding carboxylic acids is 1. The molecule has 1 saturated heterocycles. The second-order valence-electron chi connectivity index (χ2n) is 6.36. The van der Waals surface area contributed by atoms with E-state index in [2.05, 4.69) is 10.3 Å². The molecule has 5 nitrogen and oxygen atoms in total. The van der Waals surface area contributed by atoms with Crippen LogP contribution in [0.4, 0.5) is 5.82 Å². The number of pyridine rings is 1. The Balaban J connectivity index is 2.07. The van der Waals surface area contributed by atoms with Crippen LogP contribution in [0.3, 0.4) is 0 Å². The molecule has 0 radical (unpaired) electrons. The molecule has 1 aliphatic heterocycles. The summed E-state index contributed by atoms with van der Waals surface area (Å²) in [5.41, 5.74) is 7.06. The van der Waals surface area contributed by atoms with Gasteiger partial charge in [-0.25, -0.2) is 4.98 Å². The molecule has 2 rings (SSSR count). The van der Waals surface area contributed by atoms with E-state index in [1.165, 1.54) is 0 Å². The second-order valence-corrected chi connectivity index (χ2v) is 6.36. The van der Waals surface area contributed by atoms with E-state index in [9.17, 15) is 4.79 Å². The van der Waals surface area contributed by atoms with Crippen molar-refractivity contribution >= 4 is 11.7 Å². The molecule has 20 heavy (non-hydrogen) atoms. The molecule has 5 heteroatoms. The smallest absolute Gasteiger partial charge is 0.251 e. The van der Waals surface area contributed by atoms with Crippen molar-refractivity contribution < 1.29 is 9.53 Å². The Labute approximate surface area is 119 Å². The third-order valence-corrected chi connectivity index (χ3v) is 3.45. The number of nitrogens with two attached hydrogens (primary N) is 1. The third-order valence-electron chi connectivity index (χ3n) is 3.45. The lowest BCUT2D eigenvalue weighted by atomic mass is 9.90. The van der Waals surface area contributed by atoms with E-state index in [1.54, 1.807) is 6.07 Å². The van der Waals surface area contributed by atoms with Crippen molar-refractivity contribution in [3.05, 3.63) is 23.4 Å². The van der Waals surface area contributed by atoms with Crippen LogP contribution in [0.15, 0.2) is 12.1 Å². The first-order valence-electron chi connectivity index (χ1n) is 7.00. The normalized spacial score (nSPS) is 19.1. The summed E-state index contributed by atoms with van der Waals surface area (Å²) < 4.78 is 5.30. The summed E-state index contributed by atoms with van der Waals surface area (Å²) in [5, 5.41) is 2.94. The van der Waals surface area contributed by atoms with Crippen LogP contribution < -0.4 is 11.1 Å². The number of rotatable bonds is 3. The number of hydrogen-bond acceptors (Lipinski definition) is 4. The van der Waals surface area contributed by atoms with Gasteiger partial charge in [0.15, 0.2) is 0 Å². The lowest BCUT2D eigenvalue weighted by Crippen LogP contribution is -2.30. The van der Waals surface area contributed by atoms with Crippen LogP contribution in [0, 0.1) is 5.92 Å². The summed E-state index contributed by atoms with van der Waals surface area (Å²) in [6.45, 7) is 8.31. The Bertz CT molecular complexity index is 488. The van der Waals surface area contributed by atoms with Gasteiger partial charge in [-0.1, -0.05) is 20.8 Å². The lowest BCUT2D eigenvalue weighted by Gasteiger charge is -2.19. The minimum atomic E-state index is -0.135. The van der Waals surface area contributed by atoms with E-state index < -0.39 is 0 Å². The minimum Gasteiger partial charge on any atom is -0.384 e. The lowest BCUT2D eigenvalue weighted by molar-refractivity contribution is 0.0944. The van der Waals surface area contributed by atoms with Crippen molar-refractivity contribution in [2.75, 3.05) is 25.5 Å². The molecule has 1 unspecified atom stereocenters. The summed E-state index contributed by atoms with van der Waals surface area (Å²) in [4.78, 5) is 16.5. The number of hydrogen-bond donors (Lipinski definition) is 2.